The fourth-order valence-corrected chi connectivity index (χ4v) is 5.08. The van der Waals surface area contributed by atoms with Crippen molar-refractivity contribution in [1.29, 1.82) is 0 Å². The Bertz CT molecular complexity index is 1030. The summed E-state index contributed by atoms with van der Waals surface area (Å²) >= 11 is 1.61. The van der Waals surface area contributed by atoms with Crippen LogP contribution >= 0.6 is 11.8 Å². The molecule has 0 saturated carbocycles. The smallest absolute Gasteiger partial charge is 0.251 e. The summed E-state index contributed by atoms with van der Waals surface area (Å²) in [4.78, 5) is 26.8. The number of sulfonamides is 1. The molecule has 0 unspecified atom stereocenters. The zero-order chi connectivity index (χ0) is 23.9. The van der Waals surface area contributed by atoms with Gasteiger partial charge in [-0.05, 0) is 54.6 Å². The monoisotopic (exact) mass is 477 g/mol. The van der Waals surface area contributed by atoms with Crippen LogP contribution in [-0.2, 0) is 14.8 Å². The molecular formula is C23H31N3O4S2. The fraction of sp³-hybridized carbons (Fsp3) is 0.391. The van der Waals surface area contributed by atoms with Crippen LogP contribution in [0.4, 0.5) is 5.69 Å². The highest BCUT2D eigenvalue weighted by Gasteiger charge is 2.26. The highest BCUT2D eigenvalue weighted by molar-refractivity contribution is 7.98. The fourth-order valence-electron chi connectivity index (χ4n) is 3.16. The summed E-state index contributed by atoms with van der Waals surface area (Å²) in [5, 5.41) is 5.58. The Balaban J connectivity index is 2.20. The number of benzene rings is 2. The van der Waals surface area contributed by atoms with Crippen LogP contribution in [0.5, 0.6) is 0 Å². The van der Waals surface area contributed by atoms with Gasteiger partial charge < -0.3 is 10.6 Å². The van der Waals surface area contributed by atoms with Gasteiger partial charge in [-0.2, -0.15) is 4.31 Å². The molecule has 2 amide bonds. The van der Waals surface area contributed by atoms with E-state index < -0.39 is 22.0 Å². The van der Waals surface area contributed by atoms with Crippen molar-refractivity contribution in [2.45, 2.75) is 43.5 Å². The number of carbonyl (C=O) groups is 2. The summed E-state index contributed by atoms with van der Waals surface area (Å²) in [5.74, 6) is -1.02. The number of amides is 2. The second-order valence-corrected chi connectivity index (χ2v) is 10.3. The predicted molar refractivity (Wildman–Crippen MR) is 129 cm³/mol. The van der Waals surface area contributed by atoms with E-state index in [1.54, 1.807) is 25.6 Å². The van der Waals surface area contributed by atoms with Crippen molar-refractivity contribution >= 4 is 39.3 Å². The third-order valence-electron chi connectivity index (χ3n) is 5.03. The topological polar surface area (TPSA) is 95.6 Å². The minimum absolute atomic E-state index is 0.0493. The van der Waals surface area contributed by atoms with Gasteiger partial charge in [0.1, 0.15) is 6.04 Å². The zero-order valence-electron chi connectivity index (χ0n) is 19.1. The Morgan fingerprint density at radius 1 is 1.03 bits per heavy atom. The maximum absolute atomic E-state index is 12.9. The number of rotatable bonds is 10. The van der Waals surface area contributed by atoms with Gasteiger partial charge in [-0.1, -0.05) is 33.8 Å². The van der Waals surface area contributed by atoms with E-state index in [9.17, 15) is 18.0 Å². The van der Waals surface area contributed by atoms with E-state index in [1.807, 2.05) is 44.4 Å². The van der Waals surface area contributed by atoms with Gasteiger partial charge in [0.05, 0.1) is 4.90 Å². The molecule has 0 fully saturated rings. The van der Waals surface area contributed by atoms with Crippen LogP contribution in [0.15, 0.2) is 58.3 Å². The van der Waals surface area contributed by atoms with Crippen LogP contribution in [0.3, 0.4) is 0 Å². The number of nitrogens with zero attached hydrogens (tertiary/aromatic N) is 1. The normalized spacial score (nSPS) is 12.6. The Labute approximate surface area is 195 Å². The first-order valence-corrected chi connectivity index (χ1v) is 13.2. The summed E-state index contributed by atoms with van der Waals surface area (Å²) < 4.78 is 26.9. The lowest BCUT2D eigenvalue weighted by Gasteiger charge is -2.22. The summed E-state index contributed by atoms with van der Waals surface area (Å²) in [6.45, 7) is 7.87. The molecule has 1 atom stereocenters. The van der Waals surface area contributed by atoms with Crippen molar-refractivity contribution < 1.29 is 18.0 Å². The second kappa shape index (κ2) is 11.5. The number of hydrogen-bond acceptors (Lipinski definition) is 5. The molecule has 7 nitrogen and oxygen atoms in total. The molecule has 0 bridgehead atoms. The number of anilines is 1. The van der Waals surface area contributed by atoms with E-state index in [0.29, 0.717) is 18.8 Å². The minimum atomic E-state index is -3.69. The van der Waals surface area contributed by atoms with Crippen molar-refractivity contribution in [2.24, 2.45) is 5.92 Å². The van der Waals surface area contributed by atoms with Crippen LogP contribution < -0.4 is 10.6 Å². The average molecular weight is 478 g/mol. The first-order valence-electron chi connectivity index (χ1n) is 10.5. The lowest BCUT2D eigenvalue weighted by Crippen LogP contribution is -2.47. The van der Waals surface area contributed by atoms with Crippen molar-refractivity contribution in [3.05, 3.63) is 54.1 Å². The summed E-state index contributed by atoms with van der Waals surface area (Å²) in [5.41, 5.74) is 0.820. The van der Waals surface area contributed by atoms with E-state index in [2.05, 4.69) is 10.6 Å². The Morgan fingerprint density at radius 2 is 1.66 bits per heavy atom. The Morgan fingerprint density at radius 3 is 2.19 bits per heavy atom. The zero-order valence-corrected chi connectivity index (χ0v) is 20.7. The van der Waals surface area contributed by atoms with Gasteiger partial charge in [-0.3, -0.25) is 9.59 Å². The molecule has 0 aliphatic carbocycles. The van der Waals surface area contributed by atoms with E-state index in [0.717, 1.165) is 4.90 Å². The van der Waals surface area contributed by atoms with Gasteiger partial charge in [0.15, 0.2) is 0 Å². The SMILES string of the molecule is CCN(CC)S(=O)(=O)c1cccc(C(=O)N[C@H](C(=O)Nc2ccc(SC)cc2)C(C)C)c1. The van der Waals surface area contributed by atoms with E-state index in [-0.39, 0.29) is 22.3 Å². The largest absolute Gasteiger partial charge is 0.340 e. The molecule has 0 aromatic heterocycles. The third kappa shape index (κ3) is 6.34. The number of hydrogen-bond donors (Lipinski definition) is 2. The lowest BCUT2D eigenvalue weighted by atomic mass is 10.0. The second-order valence-electron chi connectivity index (χ2n) is 7.53. The molecule has 0 heterocycles. The molecule has 0 radical (unpaired) electrons. The number of carbonyl (C=O) groups excluding carboxylic acids is 2. The van der Waals surface area contributed by atoms with Gasteiger partial charge in [0, 0.05) is 29.2 Å². The average Bonchev–Trinajstić information content (AvgIpc) is 2.78. The highest BCUT2D eigenvalue weighted by atomic mass is 32.2. The van der Waals surface area contributed by atoms with E-state index >= 15 is 0 Å². The van der Waals surface area contributed by atoms with Crippen LogP contribution in [-0.4, -0.2) is 49.9 Å². The molecule has 2 aromatic rings. The van der Waals surface area contributed by atoms with Gasteiger partial charge in [0.25, 0.3) is 5.91 Å². The quantitative estimate of drug-likeness (QED) is 0.507. The van der Waals surface area contributed by atoms with Crippen molar-refractivity contribution in [3.8, 4) is 0 Å². The van der Waals surface area contributed by atoms with Gasteiger partial charge >= 0.3 is 0 Å². The molecule has 0 saturated heterocycles. The van der Waals surface area contributed by atoms with Crippen LogP contribution in [0.25, 0.3) is 0 Å². The van der Waals surface area contributed by atoms with Crippen LogP contribution in [0.1, 0.15) is 38.1 Å². The first-order chi connectivity index (χ1) is 15.1. The molecule has 9 heteroatoms. The standard InChI is InChI=1S/C23H31N3O4S2/c1-6-26(7-2)32(29,30)20-10-8-9-17(15-20)22(27)25-21(16(3)4)23(28)24-18-11-13-19(31-5)14-12-18/h8-16,21H,6-7H2,1-5H3,(H,24,28)(H,25,27)/t21-/m0/s1. The van der Waals surface area contributed by atoms with Crippen molar-refractivity contribution in [2.75, 3.05) is 24.7 Å². The van der Waals surface area contributed by atoms with Crippen LogP contribution in [0, 0.1) is 5.92 Å². The first kappa shape index (κ1) is 25.9. The van der Waals surface area contributed by atoms with E-state index in [1.165, 1.54) is 28.6 Å². The molecule has 2 rings (SSSR count). The number of thioether (sulfide) groups is 1. The van der Waals surface area contributed by atoms with E-state index in [4.69, 9.17) is 0 Å². The maximum Gasteiger partial charge on any atom is 0.251 e. The number of nitrogens with one attached hydrogen (secondary N) is 2. The van der Waals surface area contributed by atoms with Crippen molar-refractivity contribution in [3.63, 3.8) is 0 Å². The van der Waals surface area contributed by atoms with Gasteiger partial charge in [-0.25, -0.2) is 8.42 Å². The predicted octanol–water partition coefficient (Wildman–Crippen LogP) is 3.83. The lowest BCUT2D eigenvalue weighted by molar-refractivity contribution is -0.118. The summed E-state index contributed by atoms with van der Waals surface area (Å²) in [7, 11) is -3.69. The Kier molecular flexibility index (Phi) is 9.30. The molecule has 2 aromatic carbocycles. The highest BCUT2D eigenvalue weighted by Crippen LogP contribution is 2.19. The summed E-state index contributed by atoms with van der Waals surface area (Å²) in [6, 6.07) is 12.5. The minimum Gasteiger partial charge on any atom is -0.340 e. The molecule has 2 N–H and O–H groups in total. The molecule has 0 aliphatic heterocycles. The maximum atomic E-state index is 12.9. The molecule has 32 heavy (non-hydrogen) atoms. The molecule has 0 spiro atoms. The summed E-state index contributed by atoms with van der Waals surface area (Å²) in [6.07, 6.45) is 1.97. The molecule has 174 valence electrons. The van der Waals surface area contributed by atoms with Gasteiger partial charge in [0.2, 0.25) is 15.9 Å². The Hall–Kier alpha value is -2.36. The van der Waals surface area contributed by atoms with Crippen LogP contribution in [0.2, 0.25) is 0 Å². The molecule has 0 aliphatic rings. The third-order valence-corrected chi connectivity index (χ3v) is 7.82. The molecular weight excluding hydrogens is 446 g/mol. The van der Waals surface area contributed by atoms with Crippen molar-refractivity contribution in [1.82, 2.24) is 9.62 Å². The van der Waals surface area contributed by atoms with Gasteiger partial charge in [-0.15, -0.1) is 11.8 Å².